The quantitative estimate of drug-likeness (QED) is 0.356. The second-order valence-electron chi connectivity index (χ2n) is 9.39. The Hall–Kier alpha value is -3.43. The van der Waals surface area contributed by atoms with Crippen LogP contribution in [-0.2, 0) is 25.9 Å². The van der Waals surface area contributed by atoms with Crippen molar-refractivity contribution in [2.75, 3.05) is 19.6 Å². The van der Waals surface area contributed by atoms with E-state index >= 15 is 0 Å². The second kappa shape index (κ2) is 11.5. The molecule has 0 aliphatic carbocycles. The number of nitriles is 1. The van der Waals surface area contributed by atoms with Crippen LogP contribution in [0.3, 0.4) is 0 Å². The molecule has 5 rings (SSSR count). The highest BCUT2D eigenvalue weighted by molar-refractivity contribution is 6.30. The van der Waals surface area contributed by atoms with E-state index in [0.29, 0.717) is 5.56 Å². The number of fused-ring (bicyclic) bond motifs is 1. The summed E-state index contributed by atoms with van der Waals surface area (Å²) in [5.41, 5.74) is 7.12. The minimum absolute atomic E-state index is 0.262. The summed E-state index contributed by atoms with van der Waals surface area (Å²) in [5.74, 6) is 0. The molecule has 1 aliphatic rings. The van der Waals surface area contributed by atoms with E-state index in [0.717, 1.165) is 56.2 Å². The van der Waals surface area contributed by atoms with Crippen molar-refractivity contribution in [3.8, 4) is 6.07 Å². The first-order chi connectivity index (χ1) is 17.7. The van der Waals surface area contributed by atoms with Gasteiger partial charge in [0.1, 0.15) is 0 Å². The summed E-state index contributed by atoms with van der Waals surface area (Å²) in [6.07, 6.45) is 5.79. The van der Waals surface area contributed by atoms with Gasteiger partial charge in [-0.3, -0.25) is 4.90 Å². The molecule has 6 heteroatoms. The predicted molar refractivity (Wildman–Crippen MR) is 144 cm³/mol. The van der Waals surface area contributed by atoms with Crippen molar-refractivity contribution < 1.29 is 0 Å². The molecule has 5 nitrogen and oxygen atoms in total. The lowest BCUT2D eigenvalue weighted by Crippen LogP contribution is -2.35. The standard InChI is InChI=1S/C30H30ClN5/c31-27-6-3-4-25(16-27)19-35-15-13-26-5-1-2-7-29(26)30(21-35)34-14-12-28-18-33-22-36(28)20-24-10-8-23(17-32)9-11-24/h1-11,16,18,22,30,34H,12-15,19-21H2. The van der Waals surface area contributed by atoms with Crippen molar-refractivity contribution in [1.82, 2.24) is 19.8 Å². The Bertz CT molecular complexity index is 1340. The van der Waals surface area contributed by atoms with Crippen molar-refractivity contribution >= 4 is 11.6 Å². The molecule has 0 amide bonds. The van der Waals surface area contributed by atoms with Crippen LogP contribution in [0.2, 0.25) is 5.02 Å². The lowest BCUT2D eigenvalue weighted by atomic mass is 9.99. The largest absolute Gasteiger partial charge is 0.330 e. The highest BCUT2D eigenvalue weighted by Crippen LogP contribution is 2.25. The normalized spacial score (nSPS) is 15.7. The van der Waals surface area contributed by atoms with Gasteiger partial charge in [-0.2, -0.15) is 5.26 Å². The van der Waals surface area contributed by atoms with E-state index in [1.54, 1.807) is 0 Å². The molecule has 3 aromatic carbocycles. The van der Waals surface area contributed by atoms with E-state index in [2.05, 4.69) is 62.2 Å². The molecule has 1 atom stereocenters. The second-order valence-corrected chi connectivity index (χ2v) is 9.83. The Balaban J connectivity index is 1.24. The lowest BCUT2D eigenvalue weighted by molar-refractivity contribution is 0.246. The maximum absolute atomic E-state index is 9.03. The highest BCUT2D eigenvalue weighted by atomic mass is 35.5. The summed E-state index contributed by atoms with van der Waals surface area (Å²) < 4.78 is 2.19. The van der Waals surface area contributed by atoms with Gasteiger partial charge < -0.3 is 9.88 Å². The van der Waals surface area contributed by atoms with Crippen LogP contribution < -0.4 is 5.32 Å². The van der Waals surface area contributed by atoms with E-state index in [9.17, 15) is 0 Å². The summed E-state index contributed by atoms with van der Waals surface area (Å²) >= 11 is 6.24. The third-order valence-corrected chi connectivity index (χ3v) is 7.11. The van der Waals surface area contributed by atoms with Crippen LogP contribution in [0, 0.1) is 11.3 Å². The first kappa shape index (κ1) is 24.3. The van der Waals surface area contributed by atoms with Crippen molar-refractivity contribution in [2.45, 2.75) is 32.0 Å². The zero-order valence-corrected chi connectivity index (χ0v) is 21.0. The molecule has 2 heterocycles. The number of imidazole rings is 1. The van der Waals surface area contributed by atoms with E-state index < -0.39 is 0 Å². The van der Waals surface area contributed by atoms with E-state index in [-0.39, 0.29) is 6.04 Å². The zero-order valence-electron chi connectivity index (χ0n) is 20.3. The van der Waals surface area contributed by atoms with Gasteiger partial charge in [0.05, 0.1) is 18.0 Å². The lowest BCUT2D eigenvalue weighted by Gasteiger charge is -2.26. The van der Waals surface area contributed by atoms with Gasteiger partial charge in [0, 0.05) is 62.1 Å². The summed E-state index contributed by atoms with van der Waals surface area (Å²) in [7, 11) is 0. The smallest absolute Gasteiger partial charge is 0.0991 e. The Kier molecular flexibility index (Phi) is 7.78. The average molecular weight is 496 g/mol. The Morgan fingerprint density at radius 3 is 2.69 bits per heavy atom. The minimum atomic E-state index is 0.262. The molecule has 1 N–H and O–H groups in total. The molecule has 36 heavy (non-hydrogen) atoms. The summed E-state index contributed by atoms with van der Waals surface area (Å²) in [6.45, 7) is 4.49. The van der Waals surface area contributed by atoms with Crippen molar-refractivity contribution in [2.24, 2.45) is 0 Å². The first-order valence-electron chi connectivity index (χ1n) is 12.4. The van der Waals surface area contributed by atoms with Crippen LogP contribution in [0.25, 0.3) is 0 Å². The predicted octanol–water partition coefficient (Wildman–Crippen LogP) is 5.39. The Morgan fingerprint density at radius 1 is 1.00 bits per heavy atom. The maximum atomic E-state index is 9.03. The maximum Gasteiger partial charge on any atom is 0.0991 e. The molecule has 0 bridgehead atoms. The number of nitrogens with one attached hydrogen (secondary N) is 1. The molecular weight excluding hydrogens is 466 g/mol. The number of rotatable bonds is 8. The van der Waals surface area contributed by atoms with Gasteiger partial charge in [0.25, 0.3) is 0 Å². The molecule has 0 spiro atoms. The third kappa shape index (κ3) is 6.03. The number of hydrogen-bond donors (Lipinski definition) is 1. The summed E-state index contributed by atoms with van der Waals surface area (Å²) in [5, 5.41) is 13.7. The van der Waals surface area contributed by atoms with Gasteiger partial charge in [0.15, 0.2) is 0 Å². The summed E-state index contributed by atoms with van der Waals surface area (Å²) in [4.78, 5) is 6.92. The van der Waals surface area contributed by atoms with Gasteiger partial charge in [-0.1, -0.05) is 60.1 Å². The summed E-state index contributed by atoms with van der Waals surface area (Å²) in [6, 6.07) is 27.2. The third-order valence-electron chi connectivity index (χ3n) is 6.87. The molecule has 182 valence electrons. The van der Waals surface area contributed by atoms with Crippen molar-refractivity contribution in [3.05, 3.63) is 124 Å². The van der Waals surface area contributed by atoms with E-state index in [1.165, 1.54) is 22.4 Å². The fourth-order valence-electron chi connectivity index (χ4n) is 4.99. The van der Waals surface area contributed by atoms with Gasteiger partial charge in [-0.15, -0.1) is 0 Å². The topological polar surface area (TPSA) is 56.9 Å². The number of halogens is 1. The average Bonchev–Trinajstić information content (AvgIpc) is 3.26. The van der Waals surface area contributed by atoms with E-state index in [4.69, 9.17) is 16.9 Å². The van der Waals surface area contributed by atoms with Gasteiger partial charge in [-0.25, -0.2) is 4.98 Å². The first-order valence-corrected chi connectivity index (χ1v) is 12.8. The zero-order chi connectivity index (χ0) is 24.7. The van der Waals surface area contributed by atoms with Crippen LogP contribution >= 0.6 is 11.6 Å². The number of nitrogens with zero attached hydrogens (tertiary/aromatic N) is 4. The fraction of sp³-hybridized carbons (Fsp3) is 0.267. The fourth-order valence-corrected chi connectivity index (χ4v) is 5.21. The highest BCUT2D eigenvalue weighted by Gasteiger charge is 2.22. The van der Waals surface area contributed by atoms with Crippen LogP contribution in [0.5, 0.6) is 0 Å². The molecule has 1 aliphatic heterocycles. The molecule has 4 aromatic rings. The Morgan fingerprint density at radius 2 is 1.86 bits per heavy atom. The minimum Gasteiger partial charge on any atom is -0.330 e. The molecule has 0 fully saturated rings. The molecule has 1 aromatic heterocycles. The Labute approximate surface area is 218 Å². The number of benzene rings is 3. The van der Waals surface area contributed by atoms with Crippen LogP contribution in [0.15, 0.2) is 85.3 Å². The van der Waals surface area contributed by atoms with Crippen molar-refractivity contribution in [3.63, 3.8) is 0 Å². The molecule has 1 unspecified atom stereocenters. The SMILES string of the molecule is N#Cc1ccc(Cn2cncc2CCNC2CN(Cc3cccc(Cl)c3)CCc3ccccc32)cc1. The van der Waals surface area contributed by atoms with Gasteiger partial charge in [0.2, 0.25) is 0 Å². The van der Waals surface area contributed by atoms with Crippen LogP contribution in [0.4, 0.5) is 0 Å². The molecule has 0 saturated heterocycles. The molecule has 0 radical (unpaired) electrons. The van der Waals surface area contributed by atoms with E-state index in [1.807, 2.05) is 48.9 Å². The molecular formula is C30H30ClN5. The monoisotopic (exact) mass is 495 g/mol. The van der Waals surface area contributed by atoms with Crippen LogP contribution in [-0.4, -0.2) is 34.1 Å². The number of hydrogen-bond acceptors (Lipinski definition) is 4. The molecule has 0 saturated carbocycles. The van der Waals surface area contributed by atoms with Gasteiger partial charge >= 0.3 is 0 Å². The van der Waals surface area contributed by atoms with Crippen molar-refractivity contribution in [1.29, 1.82) is 5.26 Å². The number of aromatic nitrogens is 2. The van der Waals surface area contributed by atoms with Gasteiger partial charge in [-0.05, 0) is 52.9 Å². The van der Waals surface area contributed by atoms with Crippen LogP contribution in [0.1, 0.15) is 39.6 Å².